The minimum absolute atomic E-state index is 0.0426. The zero-order chi connectivity index (χ0) is 21.0. The summed E-state index contributed by atoms with van der Waals surface area (Å²) in [4.78, 5) is 13.0. The molecule has 4 nitrogen and oxygen atoms in total. The van der Waals surface area contributed by atoms with Crippen molar-refractivity contribution in [3.63, 3.8) is 0 Å². The van der Waals surface area contributed by atoms with E-state index >= 15 is 0 Å². The first-order valence-electron chi connectivity index (χ1n) is 8.84. The maximum atomic E-state index is 13.0. The second kappa shape index (κ2) is 8.99. The number of halogens is 2. The van der Waals surface area contributed by atoms with Crippen LogP contribution in [0.3, 0.4) is 0 Å². The summed E-state index contributed by atoms with van der Waals surface area (Å²) < 4.78 is 23.7. The van der Waals surface area contributed by atoms with E-state index in [1.807, 2.05) is 42.5 Å². The Morgan fingerprint density at radius 3 is 2.24 bits per heavy atom. The fraction of sp³-hybridized carbons (Fsp3) is 0.136. The number of sulfone groups is 1. The van der Waals surface area contributed by atoms with Crippen LogP contribution in [0.4, 0.5) is 0 Å². The van der Waals surface area contributed by atoms with Crippen molar-refractivity contribution < 1.29 is 13.2 Å². The lowest BCUT2D eigenvalue weighted by Crippen LogP contribution is -2.30. The molecule has 0 saturated heterocycles. The van der Waals surface area contributed by atoms with Gasteiger partial charge in [0.05, 0.1) is 21.5 Å². The maximum Gasteiger partial charge on any atom is 0.253 e. The summed E-state index contributed by atoms with van der Waals surface area (Å²) >= 11 is 12.1. The van der Waals surface area contributed by atoms with Gasteiger partial charge in [0.2, 0.25) is 0 Å². The molecular formula is C22H19Cl2NO3S. The first-order valence-corrected chi connectivity index (χ1v) is 11.5. The van der Waals surface area contributed by atoms with Crippen LogP contribution < -0.4 is 5.32 Å². The Morgan fingerprint density at radius 1 is 0.966 bits per heavy atom. The molecule has 0 aliphatic carbocycles. The van der Waals surface area contributed by atoms with Gasteiger partial charge in [0.15, 0.2) is 9.84 Å². The molecule has 0 aromatic heterocycles. The molecule has 3 rings (SSSR count). The van der Waals surface area contributed by atoms with E-state index in [4.69, 9.17) is 23.2 Å². The second-order valence-electron chi connectivity index (χ2n) is 6.68. The maximum absolute atomic E-state index is 13.0. The van der Waals surface area contributed by atoms with Crippen molar-refractivity contribution in [2.45, 2.75) is 17.4 Å². The Hall–Kier alpha value is -2.34. The van der Waals surface area contributed by atoms with Crippen LogP contribution >= 0.6 is 23.2 Å². The lowest BCUT2D eigenvalue weighted by atomic mass is 9.98. The summed E-state index contributed by atoms with van der Waals surface area (Å²) in [5, 5.41) is 3.81. The summed E-state index contributed by atoms with van der Waals surface area (Å²) in [5.41, 5.74) is 2.04. The molecule has 0 spiro atoms. The van der Waals surface area contributed by atoms with Crippen LogP contribution in [0.2, 0.25) is 10.0 Å². The van der Waals surface area contributed by atoms with Crippen molar-refractivity contribution in [2.75, 3.05) is 6.26 Å². The molecule has 1 unspecified atom stereocenters. The van der Waals surface area contributed by atoms with Crippen molar-refractivity contribution in [1.29, 1.82) is 0 Å². The number of carbonyl (C=O) groups is 1. The topological polar surface area (TPSA) is 63.2 Å². The van der Waals surface area contributed by atoms with Gasteiger partial charge < -0.3 is 5.32 Å². The second-order valence-corrected chi connectivity index (χ2v) is 9.54. The van der Waals surface area contributed by atoms with Gasteiger partial charge in [-0.25, -0.2) is 8.42 Å². The SMILES string of the molecule is CS(=O)(=O)c1ccc(Cl)c(C(=O)NC(Cc2ccc(Cl)cc2)c2ccccc2)c1. The van der Waals surface area contributed by atoms with E-state index in [1.54, 1.807) is 12.1 Å². The summed E-state index contributed by atoms with van der Waals surface area (Å²) in [6, 6.07) is 20.7. The van der Waals surface area contributed by atoms with Gasteiger partial charge in [-0.05, 0) is 47.9 Å². The highest BCUT2D eigenvalue weighted by Crippen LogP contribution is 2.24. The van der Waals surface area contributed by atoms with Gasteiger partial charge in [-0.3, -0.25) is 4.79 Å². The van der Waals surface area contributed by atoms with Crippen LogP contribution in [0, 0.1) is 0 Å². The number of benzene rings is 3. The van der Waals surface area contributed by atoms with Gasteiger partial charge >= 0.3 is 0 Å². The minimum atomic E-state index is -3.46. The van der Waals surface area contributed by atoms with Crippen molar-refractivity contribution in [3.05, 3.63) is 99.5 Å². The molecule has 1 amide bonds. The molecule has 3 aromatic carbocycles. The first-order chi connectivity index (χ1) is 13.7. The number of amides is 1. The smallest absolute Gasteiger partial charge is 0.253 e. The number of carbonyl (C=O) groups excluding carboxylic acids is 1. The van der Waals surface area contributed by atoms with Crippen molar-refractivity contribution >= 4 is 38.9 Å². The van der Waals surface area contributed by atoms with Crippen LogP contribution in [0.15, 0.2) is 77.7 Å². The summed E-state index contributed by atoms with van der Waals surface area (Å²) in [5.74, 6) is -0.441. The molecular weight excluding hydrogens is 429 g/mol. The molecule has 3 aromatic rings. The van der Waals surface area contributed by atoms with Crippen molar-refractivity contribution in [1.82, 2.24) is 5.32 Å². The first kappa shape index (κ1) is 21.4. The highest BCUT2D eigenvalue weighted by molar-refractivity contribution is 7.90. The van der Waals surface area contributed by atoms with Gasteiger partial charge in [-0.1, -0.05) is 65.7 Å². The molecule has 0 aliphatic heterocycles. The highest BCUT2D eigenvalue weighted by atomic mass is 35.5. The van der Waals surface area contributed by atoms with Gasteiger partial charge in [-0.2, -0.15) is 0 Å². The summed E-state index contributed by atoms with van der Waals surface area (Å²) in [7, 11) is -3.46. The molecule has 0 saturated carbocycles. The van der Waals surface area contributed by atoms with E-state index in [-0.39, 0.29) is 21.5 Å². The number of nitrogens with one attached hydrogen (secondary N) is 1. The lowest BCUT2D eigenvalue weighted by Gasteiger charge is -2.20. The third kappa shape index (κ3) is 5.60. The van der Waals surface area contributed by atoms with E-state index in [1.165, 1.54) is 18.2 Å². The van der Waals surface area contributed by atoms with Gasteiger partial charge in [0.1, 0.15) is 0 Å². The molecule has 29 heavy (non-hydrogen) atoms. The fourth-order valence-electron chi connectivity index (χ4n) is 2.94. The van der Waals surface area contributed by atoms with E-state index < -0.39 is 15.7 Å². The molecule has 150 valence electrons. The van der Waals surface area contributed by atoms with E-state index in [0.29, 0.717) is 11.4 Å². The Morgan fingerprint density at radius 2 is 1.62 bits per heavy atom. The molecule has 0 heterocycles. The molecule has 0 aliphatic rings. The monoisotopic (exact) mass is 447 g/mol. The largest absolute Gasteiger partial charge is 0.345 e. The lowest BCUT2D eigenvalue weighted by molar-refractivity contribution is 0.0936. The average molecular weight is 448 g/mol. The molecule has 7 heteroatoms. The number of hydrogen-bond acceptors (Lipinski definition) is 3. The molecule has 1 N–H and O–H groups in total. The van der Waals surface area contributed by atoms with Gasteiger partial charge in [0, 0.05) is 11.3 Å². The van der Waals surface area contributed by atoms with Crippen molar-refractivity contribution in [3.8, 4) is 0 Å². The minimum Gasteiger partial charge on any atom is -0.345 e. The van der Waals surface area contributed by atoms with Gasteiger partial charge in [0.25, 0.3) is 5.91 Å². The summed E-state index contributed by atoms with van der Waals surface area (Å²) in [6.45, 7) is 0. The average Bonchev–Trinajstić information content (AvgIpc) is 2.69. The zero-order valence-corrected chi connectivity index (χ0v) is 17.9. The number of rotatable bonds is 6. The van der Waals surface area contributed by atoms with Crippen LogP contribution in [-0.4, -0.2) is 20.6 Å². The van der Waals surface area contributed by atoms with Crippen molar-refractivity contribution in [2.24, 2.45) is 0 Å². The van der Waals surface area contributed by atoms with Crippen LogP contribution in [-0.2, 0) is 16.3 Å². The Balaban J connectivity index is 1.91. The molecule has 0 bridgehead atoms. The Bertz CT molecular complexity index is 1110. The molecule has 1 atom stereocenters. The third-order valence-corrected chi connectivity index (χ3v) is 6.16. The van der Waals surface area contributed by atoms with E-state index in [0.717, 1.165) is 17.4 Å². The predicted molar refractivity (Wildman–Crippen MR) is 116 cm³/mol. The Labute approximate surface area is 180 Å². The van der Waals surface area contributed by atoms with Crippen LogP contribution in [0.5, 0.6) is 0 Å². The van der Waals surface area contributed by atoms with Crippen LogP contribution in [0.25, 0.3) is 0 Å². The van der Waals surface area contributed by atoms with Crippen LogP contribution in [0.1, 0.15) is 27.5 Å². The quantitative estimate of drug-likeness (QED) is 0.570. The highest BCUT2D eigenvalue weighted by Gasteiger charge is 2.20. The molecule has 0 fully saturated rings. The third-order valence-electron chi connectivity index (χ3n) is 4.47. The number of hydrogen-bond donors (Lipinski definition) is 1. The predicted octanol–water partition coefficient (Wildman–Crippen LogP) is 5.11. The Kier molecular flexibility index (Phi) is 6.63. The van der Waals surface area contributed by atoms with Gasteiger partial charge in [-0.15, -0.1) is 0 Å². The standard InChI is InChI=1S/C22H19Cl2NO3S/c1-29(27,28)18-11-12-20(24)19(14-18)22(26)25-21(16-5-3-2-4-6-16)13-15-7-9-17(23)10-8-15/h2-12,14,21H,13H2,1H3,(H,25,26). The normalized spacial score (nSPS) is 12.4. The van der Waals surface area contributed by atoms with E-state index in [2.05, 4.69) is 5.32 Å². The zero-order valence-electron chi connectivity index (χ0n) is 15.6. The summed E-state index contributed by atoms with van der Waals surface area (Å²) in [6.07, 6.45) is 1.63. The molecule has 0 radical (unpaired) electrons. The van der Waals surface area contributed by atoms with E-state index in [9.17, 15) is 13.2 Å². The fourth-order valence-corrected chi connectivity index (χ4v) is 3.92.